The van der Waals surface area contributed by atoms with Gasteiger partial charge in [-0.05, 0) is 42.5 Å². The highest BCUT2D eigenvalue weighted by Crippen LogP contribution is 2.35. The zero-order chi connectivity index (χ0) is 14.0. The van der Waals surface area contributed by atoms with Crippen LogP contribution in [0, 0.1) is 5.41 Å². The Labute approximate surface area is 124 Å². The molecule has 0 bridgehead atoms. The predicted molar refractivity (Wildman–Crippen MR) is 84.8 cm³/mol. The molecule has 0 aromatic carbocycles. The first-order valence-corrected chi connectivity index (χ1v) is 8.31. The minimum atomic E-state index is 0.538. The van der Waals surface area contributed by atoms with Crippen LogP contribution >= 0.6 is 11.3 Å². The van der Waals surface area contributed by atoms with Crippen molar-refractivity contribution < 1.29 is 0 Å². The number of nitrogens with one attached hydrogen (secondary N) is 2. The molecule has 0 saturated heterocycles. The first kappa shape index (κ1) is 13.8. The molecule has 0 unspecified atom stereocenters. The van der Waals surface area contributed by atoms with Gasteiger partial charge in [-0.2, -0.15) is 5.10 Å². The second kappa shape index (κ2) is 5.70. The van der Waals surface area contributed by atoms with Crippen molar-refractivity contribution in [2.45, 2.75) is 52.1 Å². The van der Waals surface area contributed by atoms with E-state index in [1.54, 1.807) is 11.3 Å². The number of hydrogen-bond donors (Lipinski definition) is 2. The molecule has 2 aromatic heterocycles. The van der Waals surface area contributed by atoms with Crippen molar-refractivity contribution in [2.75, 3.05) is 0 Å². The number of aromatic amines is 1. The monoisotopic (exact) mass is 289 g/mol. The summed E-state index contributed by atoms with van der Waals surface area (Å²) in [6.07, 6.45) is 7.19. The summed E-state index contributed by atoms with van der Waals surface area (Å²) in [5.41, 5.74) is 2.98. The molecule has 1 aliphatic rings. The van der Waals surface area contributed by atoms with E-state index < -0.39 is 0 Å². The van der Waals surface area contributed by atoms with Gasteiger partial charge in [-0.25, -0.2) is 0 Å². The van der Waals surface area contributed by atoms with Gasteiger partial charge < -0.3 is 5.32 Å². The van der Waals surface area contributed by atoms with Crippen LogP contribution in [0.3, 0.4) is 0 Å². The van der Waals surface area contributed by atoms with Crippen molar-refractivity contribution in [2.24, 2.45) is 5.41 Å². The van der Waals surface area contributed by atoms with Gasteiger partial charge in [0.15, 0.2) is 0 Å². The molecule has 0 radical (unpaired) electrons. The Morgan fingerprint density at radius 2 is 2.20 bits per heavy atom. The minimum Gasteiger partial charge on any atom is -0.310 e. The van der Waals surface area contributed by atoms with Crippen LogP contribution in [0.15, 0.2) is 23.7 Å². The lowest BCUT2D eigenvalue weighted by Gasteiger charge is -2.34. The van der Waals surface area contributed by atoms with Crippen LogP contribution in [0.25, 0.3) is 10.6 Å². The van der Waals surface area contributed by atoms with Crippen molar-refractivity contribution in [1.82, 2.24) is 15.5 Å². The van der Waals surface area contributed by atoms with Crippen LogP contribution in [0.4, 0.5) is 0 Å². The Bertz CT molecular complexity index is 532. The van der Waals surface area contributed by atoms with Gasteiger partial charge in [0.2, 0.25) is 0 Å². The largest absolute Gasteiger partial charge is 0.310 e. The fraction of sp³-hybridized carbons (Fsp3) is 0.562. The summed E-state index contributed by atoms with van der Waals surface area (Å²) in [5.74, 6) is 0. The highest BCUT2D eigenvalue weighted by molar-refractivity contribution is 7.13. The normalized spacial score (nSPS) is 19.3. The summed E-state index contributed by atoms with van der Waals surface area (Å²) in [6.45, 7) is 5.68. The molecule has 3 rings (SSSR count). The average molecular weight is 289 g/mol. The molecular weight excluding hydrogens is 266 g/mol. The van der Waals surface area contributed by atoms with Crippen LogP contribution in [-0.2, 0) is 6.54 Å². The Morgan fingerprint density at radius 1 is 1.40 bits per heavy atom. The van der Waals surface area contributed by atoms with Gasteiger partial charge in [-0.3, -0.25) is 5.10 Å². The number of hydrogen-bond acceptors (Lipinski definition) is 3. The molecule has 0 aliphatic heterocycles. The molecule has 108 valence electrons. The van der Waals surface area contributed by atoms with Gasteiger partial charge in [-0.15, -0.1) is 11.3 Å². The molecular formula is C16H23N3S. The summed E-state index contributed by atoms with van der Waals surface area (Å²) in [4.78, 5) is 1.27. The van der Waals surface area contributed by atoms with Crippen molar-refractivity contribution in [3.63, 3.8) is 0 Å². The van der Waals surface area contributed by atoms with Crippen LogP contribution in [0.1, 0.15) is 45.1 Å². The van der Waals surface area contributed by atoms with Crippen LogP contribution in [0.5, 0.6) is 0 Å². The second-order valence-electron chi connectivity index (χ2n) is 6.57. The number of aromatic nitrogens is 2. The Morgan fingerprint density at radius 3 is 2.90 bits per heavy atom. The third kappa shape index (κ3) is 3.13. The standard InChI is InChI=1S/C16H23N3S/c1-16(2)7-5-13(6-8-16)17-10-12-11-18-19-15(12)14-4-3-9-20-14/h3-4,9,11,13,17H,5-8,10H2,1-2H3,(H,18,19). The van der Waals surface area contributed by atoms with E-state index in [1.165, 1.54) is 41.8 Å². The van der Waals surface area contributed by atoms with Crippen molar-refractivity contribution >= 4 is 11.3 Å². The van der Waals surface area contributed by atoms with Gasteiger partial charge in [0, 0.05) is 18.2 Å². The third-order valence-corrected chi connectivity index (χ3v) is 5.29. The summed E-state index contributed by atoms with van der Waals surface area (Å²) < 4.78 is 0. The fourth-order valence-electron chi connectivity index (χ4n) is 2.94. The lowest BCUT2D eigenvalue weighted by atomic mass is 9.75. The van der Waals surface area contributed by atoms with Crippen LogP contribution in [-0.4, -0.2) is 16.2 Å². The topological polar surface area (TPSA) is 40.7 Å². The van der Waals surface area contributed by atoms with Gasteiger partial charge in [0.25, 0.3) is 0 Å². The Balaban J connectivity index is 1.59. The van der Waals surface area contributed by atoms with Crippen molar-refractivity contribution in [3.05, 3.63) is 29.3 Å². The summed E-state index contributed by atoms with van der Waals surface area (Å²) >= 11 is 1.76. The highest BCUT2D eigenvalue weighted by atomic mass is 32.1. The van der Waals surface area contributed by atoms with Gasteiger partial charge in [0.1, 0.15) is 0 Å². The van der Waals surface area contributed by atoms with E-state index in [0.29, 0.717) is 11.5 Å². The van der Waals surface area contributed by atoms with E-state index >= 15 is 0 Å². The Kier molecular flexibility index (Phi) is 3.94. The maximum atomic E-state index is 4.21. The lowest BCUT2D eigenvalue weighted by Crippen LogP contribution is -2.35. The smallest absolute Gasteiger partial charge is 0.0794 e. The van der Waals surface area contributed by atoms with E-state index in [-0.39, 0.29) is 0 Å². The van der Waals surface area contributed by atoms with Crippen LogP contribution in [0.2, 0.25) is 0 Å². The molecule has 1 aliphatic carbocycles. The summed E-state index contributed by atoms with van der Waals surface area (Å²) in [6, 6.07) is 4.89. The molecule has 1 saturated carbocycles. The molecule has 20 heavy (non-hydrogen) atoms. The van der Waals surface area contributed by atoms with Crippen molar-refractivity contribution in [1.29, 1.82) is 0 Å². The molecule has 0 atom stereocenters. The van der Waals surface area contributed by atoms with E-state index in [4.69, 9.17) is 0 Å². The van der Waals surface area contributed by atoms with Gasteiger partial charge in [0.05, 0.1) is 16.8 Å². The fourth-order valence-corrected chi connectivity index (χ4v) is 3.69. The minimum absolute atomic E-state index is 0.538. The second-order valence-corrected chi connectivity index (χ2v) is 7.51. The molecule has 1 fully saturated rings. The first-order chi connectivity index (χ1) is 9.64. The highest BCUT2D eigenvalue weighted by Gasteiger charge is 2.26. The summed E-state index contributed by atoms with van der Waals surface area (Å²) in [5, 5.41) is 13.2. The molecule has 3 nitrogen and oxygen atoms in total. The van der Waals surface area contributed by atoms with Crippen molar-refractivity contribution in [3.8, 4) is 10.6 Å². The lowest BCUT2D eigenvalue weighted by molar-refractivity contribution is 0.206. The molecule has 2 aromatic rings. The molecule has 0 amide bonds. The first-order valence-electron chi connectivity index (χ1n) is 7.44. The Hall–Kier alpha value is -1.13. The zero-order valence-corrected chi connectivity index (χ0v) is 13.1. The van der Waals surface area contributed by atoms with E-state index in [0.717, 1.165) is 6.54 Å². The third-order valence-electron chi connectivity index (χ3n) is 4.41. The van der Waals surface area contributed by atoms with Gasteiger partial charge in [-0.1, -0.05) is 19.9 Å². The van der Waals surface area contributed by atoms with E-state index in [2.05, 4.69) is 46.9 Å². The predicted octanol–water partition coefficient (Wildman–Crippen LogP) is 4.20. The van der Waals surface area contributed by atoms with E-state index in [1.807, 2.05) is 6.20 Å². The molecule has 0 spiro atoms. The molecule has 2 heterocycles. The number of H-pyrrole nitrogens is 1. The maximum absolute atomic E-state index is 4.21. The molecule has 2 N–H and O–H groups in total. The maximum Gasteiger partial charge on any atom is 0.0794 e. The van der Waals surface area contributed by atoms with E-state index in [9.17, 15) is 0 Å². The SMILES string of the molecule is CC1(C)CCC(NCc2cn[nH]c2-c2cccs2)CC1. The summed E-state index contributed by atoms with van der Waals surface area (Å²) in [7, 11) is 0. The zero-order valence-electron chi connectivity index (χ0n) is 12.3. The van der Waals surface area contributed by atoms with Crippen LogP contribution < -0.4 is 5.32 Å². The average Bonchev–Trinajstić information content (AvgIpc) is 3.08. The number of rotatable bonds is 4. The van der Waals surface area contributed by atoms with Gasteiger partial charge >= 0.3 is 0 Å². The number of nitrogens with zero attached hydrogens (tertiary/aromatic N) is 1. The quantitative estimate of drug-likeness (QED) is 0.885. The number of thiophene rings is 1. The molecule has 4 heteroatoms.